The minimum Gasteiger partial charge on any atom is -0.494 e. The van der Waals surface area contributed by atoms with E-state index < -0.39 is 66.4 Å². The van der Waals surface area contributed by atoms with Crippen LogP contribution in [0.5, 0.6) is 23.0 Å². The fourth-order valence-corrected chi connectivity index (χ4v) is 12.2. The lowest BCUT2D eigenvalue weighted by molar-refractivity contribution is -0.124. The van der Waals surface area contributed by atoms with E-state index in [2.05, 4.69) is 31.9 Å². The highest BCUT2D eigenvalue weighted by atomic mass is 35.5. The van der Waals surface area contributed by atoms with Crippen LogP contribution in [-0.2, 0) is 109 Å². The summed E-state index contributed by atoms with van der Waals surface area (Å²) in [6.07, 6.45) is 0. The maximum absolute atomic E-state index is 13.6. The number of fused-ring (bicyclic) bond motifs is 2. The Kier molecular flexibility index (Phi) is 37.7. The van der Waals surface area contributed by atoms with Gasteiger partial charge in [0.1, 0.15) is 11.5 Å². The van der Waals surface area contributed by atoms with Crippen molar-refractivity contribution in [3.63, 3.8) is 0 Å². The monoisotopic (exact) mass is 1660 g/mol. The number of rotatable bonds is 56. The standard InChI is InChI=1S/C76H94Cl2F2N8O23S2/c1-87-73-55(41-59(47-67(73)97-3)85-65-45-57(11-13-63(65)77)83-49-53-7-5-9-61(39-53)112(79,93)94)43-69(75(87)91)110-51-71(89)81-15-17-99-19-21-101-23-25-103-27-29-105-31-33-107-35-37-109-38-36-108-34-32-106-30-28-104-26-24-102-22-20-100-18-16-82-72(90)52-111-70-44-56-42-60(48-68(98-4)74(56)88(2)76(70)92)86-66-46-58(12-14-64(66)78)84-50-54-8-6-10-62(40-54)113(80,95)96/h5-14,39-48,83-86H,15-38,49-52H2,1-4H3,(H,81,89)(H,82,90). The fourth-order valence-electron chi connectivity index (χ4n) is 10.8. The maximum Gasteiger partial charge on any atom is 0.332 e. The highest BCUT2D eigenvalue weighted by Crippen LogP contribution is 2.37. The summed E-state index contributed by atoms with van der Waals surface area (Å²) in [4.78, 5) is 51.1. The molecule has 0 aliphatic rings. The van der Waals surface area contributed by atoms with Gasteiger partial charge in [0.05, 0.1) is 202 Å². The molecule has 0 unspecified atom stereocenters. The number of pyridine rings is 2. The first-order valence-corrected chi connectivity index (χ1v) is 39.4. The van der Waals surface area contributed by atoms with Gasteiger partial charge in [0, 0.05) is 85.9 Å². The molecule has 0 saturated heterocycles. The molecule has 113 heavy (non-hydrogen) atoms. The third-order valence-electron chi connectivity index (χ3n) is 16.3. The summed E-state index contributed by atoms with van der Waals surface area (Å²) in [5.74, 6) is -0.273. The number of aryl methyl sites for hydroxylation is 2. The lowest BCUT2D eigenvalue weighted by Gasteiger charge is -2.16. The molecule has 0 fully saturated rings. The van der Waals surface area contributed by atoms with Gasteiger partial charge in [-0.2, -0.15) is 16.8 Å². The Labute approximate surface area is 663 Å². The van der Waals surface area contributed by atoms with Crippen LogP contribution in [0.4, 0.5) is 41.9 Å². The second-order valence-electron chi connectivity index (χ2n) is 24.5. The van der Waals surface area contributed by atoms with Gasteiger partial charge in [0.2, 0.25) is 0 Å². The third-order valence-corrected chi connectivity index (χ3v) is 18.6. The number of ether oxygens (including phenoxy) is 15. The van der Waals surface area contributed by atoms with Crippen molar-refractivity contribution >= 4 is 111 Å². The van der Waals surface area contributed by atoms with Crippen LogP contribution in [0.1, 0.15) is 11.1 Å². The van der Waals surface area contributed by atoms with Crippen molar-refractivity contribution in [2.75, 3.05) is 207 Å². The number of carbonyl (C=O) groups is 2. The van der Waals surface area contributed by atoms with Gasteiger partial charge in [-0.05, 0) is 96.1 Å². The van der Waals surface area contributed by atoms with Gasteiger partial charge in [-0.15, -0.1) is 7.77 Å². The van der Waals surface area contributed by atoms with Crippen molar-refractivity contribution in [1.82, 2.24) is 19.8 Å². The van der Waals surface area contributed by atoms with Gasteiger partial charge in [-0.3, -0.25) is 19.2 Å². The Balaban J connectivity index is 0.543. The molecule has 6 N–H and O–H groups in total. The van der Waals surface area contributed by atoms with Crippen LogP contribution >= 0.6 is 23.2 Å². The predicted octanol–water partition coefficient (Wildman–Crippen LogP) is 8.62. The number of carbonyl (C=O) groups excluding carboxylic acids is 2. The maximum atomic E-state index is 13.6. The number of hydrogen-bond acceptors (Lipinski definition) is 27. The smallest absolute Gasteiger partial charge is 0.332 e. The van der Waals surface area contributed by atoms with E-state index in [-0.39, 0.29) is 50.9 Å². The first-order chi connectivity index (χ1) is 54.6. The fraction of sp³-hybridized carbons (Fsp3) is 0.421. The number of halogens is 4. The van der Waals surface area contributed by atoms with Gasteiger partial charge in [0.15, 0.2) is 24.7 Å². The quantitative estimate of drug-likeness (QED) is 0.0153. The first-order valence-electron chi connectivity index (χ1n) is 35.8. The number of anilines is 6. The number of amides is 2. The lowest BCUT2D eigenvalue weighted by atomic mass is 10.1. The van der Waals surface area contributed by atoms with Gasteiger partial charge >= 0.3 is 20.4 Å². The Hall–Kier alpha value is -9.02. The zero-order valence-corrected chi connectivity index (χ0v) is 66.1. The molecule has 2 aromatic heterocycles. The van der Waals surface area contributed by atoms with Crippen LogP contribution in [0.25, 0.3) is 21.8 Å². The van der Waals surface area contributed by atoms with E-state index in [9.17, 15) is 43.8 Å². The molecule has 0 spiro atoms. The predicted molar refractivity (Wildman–Crippen MR) is 421 cm³/mol. The molecule has 8 aromatic rings. The van der Waals surface area contributed by atoms with Crippen molar-refractivity contribution < 1.29 is 105 Å². The molecule has 2 heterocycles. The summed E-state index contributed by atoms with van der Waals surface area (Å²) in [6, 6.07) is 31.4. The zero-order valence-electron chi connectivity index (χ0n) is 63.0. The van der Waals surface area contributed by atoms with Gasteiger partial charge < -0.3 is 112 Å². The van der Waals surface area contributed by atoms with Gasteiger partial charge in [-0.1, -0.05) is 47.5 Å². The Morgan fingerprint density at radius 1 is 0.389 bits per heavy atom. The van der Waals surface area contributed by atoms with Crippen molar-refractivity contribution in [1.29, 1.82) is 0 Å². The summed E-state index contributed by atoms with van der Waals surface area (Å²) < 4.78 is 159. The molecule has 37 heteroatoms. The second-order valence-corrected chi connectivity index (χ2v) is 28.0. The van der Waals surface area contributed by atoms with E-state index in [1.54, 1.807) is 86.9 Å². The van der Waals surface area contributed by atoms with Crippen LogP contribution < -0.4 is 62.0 Å². The topological polar surface area (TPSA) is 357 Å². The third kappa shape index (κ3) is 30.7. The Morgan fingerprint density at radius 2 is 0.699 bits per heavy atom. The van der Waals surface area contributed by atoms with E-state index in [1.807, 2.05) is 0 Å². The summed E-state index contributed by atoms with van der Waals surface area (Å²) in [7, 11) is -3.64. The molecule has 0 saturated carbocycles. The number of benzene rings is 6. The average Bonchev–Trinajstić information content (AvgIpc) is 0.755. The summed E-state index contributed by atoms with van der Waals surface area (Å²) in [5.41, 5.74) is 4.50. The molecule has 0 atom stereocenters. The van der Waals surface area contributed by atoms with Crippen molar-refractivity contribution in [3.8, 4) is 23.0 Å². The minimum absolute atomic E-state index is 0.0574. The lowest BCUT2D eigenvalue weighted by Crippen LogP contribution is -2.33. The minimum atomic E-state index is -4.86. The van der Waals surface area contributed by atoms with Crippen LogP contribution in [0.15, 0.2) is 141 Å². The molecular weight excluding hydrogens is 1570 g/mol. The molecule has 616 valence electrons. The van der Waals surface area contributed by atoms with Crippen molar-refractivity contribution in [3.05, 3.63) is 163 Å². The van der Waals surface area contributed by atoms with E-state index in [0.717, 1.165) is 0 Å². The SMILES string of the molecule is COc1cc(Nc2cc(NCc3cccc(S(=O)(=O)F)c3)ccc2Cl)cc2cc(OCC(=O)NCCOCCOCCOCCOCCOCCOCCOCCOCCOCCOCCOCCNC(=O)COc3cc4cc(Nc5cc(NCc6cccc(S(=O)(=O)F)c6)ccc5Cl)cc(OC)c4n(C)c3=O)c(=O)n(C)c12. The van der Waals surface area contributed by atoms with Crippen LogP contribution in [0, 0.1) is 0 Å². The summed E-state index contributed by atoms with van der Waals surface area (Å²) >= 11 is 13.1. The van der Waals surface area contributed by atoms with Crippen LogP contribution in [0.2, 0.25) is 10.0 Å². The molecule has 0 aliphatic heterocycles. The zero-order chi connectivity index (χ0) is 80.8. The molecule has 31 nitrogen and oxygen atoms in total. The highest BCUT2D eigenvalue weighted by Gasteiger charge is 2.20. The van der Waals surface area contributed by atoms with E-state index >= 15 is 0 Å². The number of aromatic nitrogens is 2. The normalized spacial score (nSPS) is 11.6. The molecule has 0 aliphatic carbocycles. The van der Waals surface area contributed by atoms with Crippen molar-refractivity contribution in [2.45, 2.75) is 22.9 Å². The van der Waals surface area contributed by atoms with Gasteiger partial charge in [0.25, 0.3) is 22.9 Å². The Morgan fingerprint density at radius 3 is 1.00 bits per heavy atom. The van der Waals surface area contributed by atoms with E-state index in [1.165, 1.54) is 71.9 Å². The molecule has 6 aromatic carbocycles. The van der Waals surface area contributed by atoms with Crippen molar-refractivity contribution in [2.24, 2.45) is 14.1 Å². The molecule has 8 rings (SSSR count). The van der Waals surface area contributed by atoms with E-state index in [4.69, 9.17) is 94.3 Å². The second kappa shape index (κ2) is 47.6. The summed E-state index contributed by atoms with van der Waals surface area (Å²) in [6.45, 7) is 7.99. The molecular formula is C76H94Cl2F2N8O23S2. The highest BCUT2D eigenvalue weighted by molar-refractivity contribution is 7.86. The number of nitrogens with one attached hydrogen (secondary N) is 6. The van der Waals surface area contributed by atoms with Crippen LogP contribution in [-0.4, -0.2) is 224 Å². The number of methoxy groups -OCH3 is 2. The largest absolute Gasteiger partial charge is 0.494 e. The Bertz CT molecular complexity index is 4450. The molecule has 2 amide bonds. The molecule has 0 bridgehead atoms. The van der Waals surface area contributed by atoms with E-state index in [0.29, 0.717) is 221 Å². The number of hydrogen-bond donors (Lipinski definition) is 6. The average molecular weight is 1660 g/mol. The van der Waals surface area contributed by atoms with Gasteiger partial charge in [-0.25, -0.2) is 0 Å². The summed E-state index contributed by atoms with van der Waals surface area (Å²) in [5, 5.41) is 20.2. The van der Waals surface area contributed by atoms with Crippen LogP contribution in [0.3, 0.4) is 0 Å². The first kappa shape index (κ1) is 89.5. The number of nitrogens with zero attached hydrogens (tertiary/aromatic N) is 2. The molecule has 0 radical (unpaired) electrons.